The summed E-state index contributed by atoms with van der Waals surface area (Å²) < 4.78 is 2.03. The van der Waals surface area contributed by atoms with E-state index in [1.165, 1.54) is 0 Å². The minimum atomic E-state index is -0.382. The van der Waals surface area contributed by atoms with E-state index >= 15 is 0 Å². The van der Waals surface area contributed by atoms with Crippen LogP contribution in [-0.2, 0) is 11.3 Å². The number of nitrogens with zero attached hydrogens (tertiary/aromatic N) is 2. The molecule has 2 unspecified atom stereocenters. The van der Waals surface area contributed by atoms with Crippen LogP contribution in [0.3, 0.4) is 0 Å². The number of aromatic nitrogens is 2. The van der Waals surface area contributed by atoms with Gasteiger partial charge < -0.3 is 15.0 Å². The number of nitrogens with one attached hydrogen (secondary N) is 1. The third-order valence-corrected chi connectivity index (χ3v) is 3.92. The fraction of sp³-hybridized carbons (Fsp3) is 0.733. The van der Waals surface area contributed by atoms with E-state index in [2.05, 4.69) is 24.1 Å². The molecule has 1 saturated carbocycles. The quantitative estimate of drug-likeness (QED) is 0.864. The number of amides is 1. The lowest BCUT2D eigenvalue weighted by atomic mass is 9.92. The van der Waals surface area contributed by atoms with Gasteiger partial charge in [0.25, 0.3) is 0 Å². The monoisotopic (exact) mass is 279 g/mol. The van der Waals surface area contributed by atoms with E-state index < -0.39 is 0 Å². The minimum Gasteiger partial charge on any atom is -0.391 e. The maximum absolute atomic E-state index is 12.0. The molecule has 2 rings (SSSR count). The van der Waals surface area contributed by atoms with Crippen molar-refractivity contribution in [2.45, 2.75) is 70.6 Å². The average Bonchev–Trinajstić information content (AvgIpc) is 2.88. The second-order valence-corrected chi connectivity index (χ2v) is 5.91. The summed E-state index contributed by atoms with van der Waals surface area (Å²) in [6, 6.07) is -0.0661. The predicted octanol–water partition coefficient (Wildman–Crippen LogP) is 1.82. The molecule has 0 spiro atoms. The van der Waals surface area contributed by atoms with Crippen LogP contribution in [0.4, 0.5) is 0 Å². The lowest BCUT2D eigenvalue weighted by Gasteiger charge is -2.28. The summed E-state index contributed by atoms with van der Waals surface area (Å²) in [4.78, 5) is 16.3. The van der Waals surface area contributed by atoms with Crippen molar-refractivity contribution < 1.29 is 9.90 Å². The van der Waals surface area contributed by atoms with Crippen molar-refractivity contribution >= 4 is 5.91 Å². The molecule has 2 atom stereocenters. The molecular formula is C15H25N3O2. The molecule has 0 aliphatic heterocycles. The van der Waals surface area contributed by atoms with E-state index in [0.29, 0.717) is 18.9 Å². The Kier molecular flexibility index (Phi) is 5.17. The molecule has 0 saturated heterocycles. The van der Waals surface area contributed by atoms with Crippen LogP contribution in [0.5, 0.6) is 0 Å². The summed E-state index contributed by atoms with van der Waals surface area (Å²) in [5.41, 5.74) is 0. The van der Waals surface area contributed by atoms with E-state index in [1.807, 2.05) is 10.8 Å². The van der Waals surface area contributed by atoms with Crippen LogP contribution in [0, 0.1) is 0 Å². The van der Waals surface area contributed by atoms with Gasteiger partial charge in [0, 0.05) is 31.3 Å². The Balaban J connectivity index is 1.81. The highest BCUT2D eigenvalue weighted by molar-refractivity contribution is 5.76. The van der Waals surface area contributed by atoms with Crippen LogP contribution >= 0.6 is 0 Å². The van der Waals surface area contributed by atoms with Crippen molar-refractivity contribution in [2.24, 2.45) is 0 Å². The summed E-state index contributed by atoms with van der Waals surface area (Å²) in [6.45, 7) is 4.83. The van der Waals surface area contributed by atoms with Gasteiger partial charge in [-0.05, 0) is 12.8 Å². The van der Waals surface area contributed by atoms with Gasteiger partial charge in [0.15, 0.2) is 0 Å². The number of aliphatic hydroxyl groups is 1. The fourth-order valence-corrected chi connectivity index (χ4v) is 2.79. The second-order valence-electron chi connectivity index (χ2n) is 5.91. The van der Waals surface area contributed by atoms with Gasteiger partial charge in [0.1, 0.15) is 5.82 Å². The highest BCUT2D eigenvalue weighted by Gasteiger charge is 2.24. The number of carbonyl (C=O) groups excluding carboxylic acids is 1. The number of hydrogen-bond donors (Lipinski definition) is 2. The Bertz CT molecular complexity index is 442. The van der Waals surface area contributed by atoms with Gasteiger partial charge in [0.05, 0.1) is 12.1 Å². The first-order valence-electron chi connectivity index (χ1n) is 7.56. The molecule has 1 aromatic rings. The molecule has 112 valence electrons. The Morgan fingerprint density at radius 2 is 2.25 bits per heavy atom. The average molecular weight is 279 g/mol. The normalized spacial score (nSPS) is 23.0. The van der Waals surface area contributed by atoms with E-state index in [9.17, 15) is 9.90 Å². The van der Waals surface area contributed by atoms with Gasteiger partial charge in [-0.2, -0.15) is 0 Å². The smallest absolute Gasteiger partial charge is 0.222 e. The van der Waals surface area contributed by atoms with Gasteiger partial charge in [-0.25, -0.2) is 4.98 Å². The molecule has 20 heavy (non-hydrogen) atoms. The number of hydrogen-bond acceptors (Lipinski definition) is 3. The lowest BCUT2D eigenvalue weighted by molar-refractivity contribution is -0.123. The van der Waals surface area contributed by atoms with Crippen LogP contribution in [0.15, 0.2) is 12.4 Å². The van der Waals surface area contributed by atoms with Gasteiger partial charge in [-0.3, -0.25) is 4.79 Å². The maximum atomic E-state index is 12.0. The molecule has 1 amide bonds. The zero-order valence-corrected chi connectivity index (χ0v) is 12.4. The van der Waals surface area contributed by atoms with E-state index in [0.717, 1.165) is 31.5 Å². The third kappa shape index (κ3) is 3.82. The largest absolute Gasteiger partial charge is 0.391 e. The number of aryl methyl sites for hydroxylation is 1. The Labute approximate surface area is 120 Å². The van der Waals surface area contributed by atoms with Crippen LogP contribution in [0.25, 0.3) is 0 Å². The molecule has 5 nitrogen and oxygen atoms in total. The predicted molar refractivity (Wildman–Crippen MR) is 77.3 cm³/mol. The third-order valence-electron chi connectivity index (χ3n) is 3.92. The summed E-state index contributed by atoms with van der Waals surface area (Å²) in [5, 5.41) is 12.8. The minimum absolute atomic E-state index is 0.0133. The van der Waals surface area contributed by atoms with Crippen LogP contribution < -0.4 is 5.32 Å². The molecule has 1 aliphatic rings. The van der Waals surface area contributed by atoms with Crippen molar-refractivity contribution in [2.75, 3.05) is 0 Å². The molecule has 0 radical (unpaired) electrons. The van der Waals surface area contributed by atoms with Crippen molar-refractivity contribution in [1.82, 2.24) is 14.9 Å². The highest BCUT2D eigenvalue weighted by Crippen LogP contribution is 2.18. The van der Waals surface area contributed by atoms with Gasteiger partial charge in [-0.15, -0.1) is 0 Å². The number of rotatable bonds is 5. The summed E-state index contributed by atoms with van der Waals surface area (Å²) in [5.74, 6) is 1.38. The van der Waals surface area contributed by atoms with Crippen molar-refractivity contribution in [1.29, 1.82) is 0 Å². The van der Waals surface area contributed by atoms with Gasteiger partial charge >= 0.3 is 0 Å². The standard InChI is InChI=1S/C15H25N3O2/c1-11(2)15-16-8-10-18(15)9-7-14(20)17-12-5-3-4-6-13(12)19/h8,10-13,19H,3-7,9H2,1-2H3,(H,17,20). The maximum Gasteiger partial charge on any atom is 0.222 e. The fourth-order valence-electron chi connectivity index (χ4n) is 2.79. The zero-order valence-electron chi connectivity index (χ0n) is 12.4. The van der Waals surface area contributed by atoms with E-state index in [1.54, 1.807) is 6.20 Å². The molecule has 1 heterocycles. The molecule has 1 aliphatic carbocycles. The molecule has 1 fully saturated rings. The van der Waals surface area contributed by atoms with Crippen LogP contribution in [0.2, 0.25) is 0 Å². The molecule has 0 aromatic carbocycles. The Hall–Kier alpha value is -1.36. The summed E-state index contributed by atoms with van der Waals surface area (Å²) in [6.07, 6.45) is 7.56. The molecular weight excluding hydrogens is 254 g/mol. The topological polar surface area (TPSA) is 67.2 Å². The molecule has 5 heteroatoms. The molecule has 2 N–H and O–H groups in total. The van der Waals surface area contributed by atoms with E-state index in [-0.39, 0.29) is 18.1 Å². The molecule has 0 bridgehead atoms. The second kappa shape index (κ2) is 6.88. The Morgan fingerprint density at radius 1 is 1.50 bits per heavy atom. The number of carbonyl (C=O) groups is 1. The first kappa shape index (κ1) is 15.0. The first-order chi connectivity index (χ1) is 9.58. The van der Waals surface area contributed by atoms with Gasteiger partial charge in [-0.1, -0.05) is 26.7 Å². The zero-order chi connectivity index (χ0) is 14.5. The van der Waals surface area contributed by atoms with E-state index in [4.69, 9.17) is 0 Å². The number of aliphatic hydroxyl groups excluding tert-OH is 1. The van der Waals surface area contributed by atoms with Crippen molar-refractivity contribution in [3.8, 4) is 0 Å². The summed E-state index contributed by atoms with van der Waals surface area (Å²) in [7, 11) is 0. The van der Waals surface area contributed by atoms with Crippen molar-refractivity contribution in [3.05, 3.63) is 18.2 Å². The molecule has 1 aromatic heterocycles. The lowest BCUT2D eigenvalue weighted by Crippen LogP contribution is -2.45. The SMILES string of the molecule is CC(C)c1nccn1CCC(=O)NC1CCCCC1O. The van der Waals surface area contributed by atoms with Gasteiger partial charge in [0.2, 0.25) is 5.91 Å². The Morgan fingerprint density at radius 3 is 2.95 bits per heavy atom. The van der Waals surface area contributed by atoms with Crippen LogP contribution in [0.1, 0.15) is 57.7 Å². The van der Waals surface area contributed by atoms with Crippen molar-refractivity contribution in [3.63, 3.8) is 0 Å². The summed E-state index contributed by atoms with van der Waals surface area (Å²) >= 11 is 0. The first-order valence-corrected chi connectivity index (χ1v) is 7.56. The highest BCUT2D eigenvalue weighted by atomic mass is 16.3. The van der Waals surface area contributed by atoms with Crippen LogP contribution in [-0.4, -0.2) is 32.7 Å². The number of imidazole rings is 1.